The van der Waals surface area contributed by atoms with Crippen LogP contribution in [0.25, 0.3) is 0 Å². The number of hydrogen-bond acceptors (Lipinski definition) is 4. The number of hydrogen-bond donors (Lipinski definition) is 1. The number of rotatable bonds is 3. The number of nitrogens with two attached hydrogens (primary N) is 1. The van der Waals surface area contributed by atoms with E-state index >= 15 is 0 Å². The number of carbonyl (C=O) groups is 2. The molecule has 0 aliphatic carbocycles. The van der Waals surface area contributed by atoms with E-state index in [1.807, 2.05) is 0 Å². The largest absolute Gasteiger partial charge is 0.369 e. The van der Waals surface area contributed by atoms with Crippen LogP contribution in [-0.4, -0.2) is 23.3 Å². The highest BCUT2D eigenvalue weighted by molar-refractivity contribution is 6.01. The first-order valence-corrected chi connectivity index (χ1v) is 5.54. The summed E-state index contributed by atoms with van der Waals surface area (Å²) in [7, 11) is 0. The molecule has 0 saturated carbocycles. The molecular formula is C11H9F2N3O4. The smallest absolute Gasteiger partial charge is 0.298 e. The molecule has 1 heterocycles. The van der Waals surface area contributed by atoms with Gasteiger partial charge in [0.2, 0.25) is 11.8 Å². The van der Waals surface area contributed by atoms with Crippen molar-refractivity contribution in [2.75, 3.05) is 11.4 Å². The van der Waals surface area contributed by atoms with Crippen molar-refractivity contribution in [1.29, 1.82) is 0 Å². The Morgan fingerprint density at radius 2 is 2.10 bits per heavy atom. The van der Waals surface area contributed by atoms with Gasteiger partial charge in [-0.1, -0.05) is 0 Å². The number of anilines is 1. The molecule has 7 nitrogen and oxygen atoms in total. The van der Waals surface area contributed by atoms with E-state index in [0.29, 0.717) is 12.1 Å². The molecule has 1 fully saturated rings. The molecule has 106 valence electrons. The normalized spacial score (nSPS) is 18.4. The third kappa shape index (κ3) is 2.29. The van der Waals surface area contributed by atoms with E-state index in [1.54, 1.807) is 0 Å². The van der Waals surface area contributed by atoms with Gasteiger partial charge in [-0.2, -0.15) is 0 Å². The van der Waals surface area contributed by atoms with Gasteiger partial charge in [0.15, 0.2) is 11.5 Å². The van der Waals surface area contributed by atoms with Gasteiger partial charge in [0.05, 0.1) is 16.9 Å². The van der Waals surface area contributed by atoms with E-state index in [0.717, 1.165) is 4.90 Å². The highest BCUT2D eigenvalue weighted by atomic mass is 19.1. The average molecular weight is 285 g/mol. The fourth-order valence-electron chi connectivity index (χ4n) is 2.07. The highest BCUT2D eigenvalue weighted by Gasteiger charge is 2.38. The molecule has 2 N–H and O–H groups in total. The van der Waals surface area contributed by atoms with Crippen LogP contribution in [0.5, 0.6) is 0 Å². The molecule has 2 amide bonds. The minimum atomic E-state index is -1.24. The Labute approximate surface area is 111 Å². The number of nitrogens with zero attached hydrogens (tertiary/aromatic N) is 2. The zero-order valence-electron chi connectivity index (χ0n) is 10.0. The van der Waals surface area contributed by atoms with Crippen LogP contribution in [-0.2, 0) is 9.59 Å². The molecule has 1 aromatic carbocycles. The molecular weight excluding hydrogens is 276 g/mol. The van der Waals surface area contributed by atoms with Crippen molar-refractivity contribution in [2.24, 2.45) is 11.7 Å². The molecule has 9 heteroatoms. The maximum absolute atomic E-state index is 13.8. The van der Waals surface area contributed by atoms with E-state index in [1.165, 1.54) is 0 Å². The summed E-state index contributed by atoms with van der Waals surface area (Å²) in [5.41, 5.74) is 3.53. The number of amides is 2. The number of halogens is 2. The quantitative estimate of drug-likeness (QED) is 0.652. The SMILES string of the molecule is NC(=O)C1CC(=O)N(c2c(F)cc(F)cc2[N+](=O)[O-])C1. The zero-order chi connectivity index (χ0) is 15.0. The number of benzene rings is 1. The molecule has 1 aliphatic rings. The maximum Gasteiger partial charge on any atom is 0.298 e. The molecule has 0 aromatic heterocycles. The summed E-state index contributed by atoms with van der Waals surface area (Å²) < 4.78 is 26.8. The molecule has 1 unspecified atom stereocenters. The van der Waals surface area contributed by atoms with Gasteiger partial charge in [0.25, 0.3) is 5.69 Å². The minimum absolute atomic E-state index is 0.261. The van der Waals surface area contributed by atoms with Gasteiger partial charge in [-0.3, -0.25) is 19.7 Å². The highest BCUT2D eigenvalue weighted by Crippen LogP contribution is 2.35. The van der Waals surface area contributed by atoms with E-state index in [9.17, 15) is 28.5 Å². The van der Waals surface area contributed by atoms with E-state index in [4.69, 9.17) is 5.73 Å². The lowest BCUT2D eigenvalue weighted by molar-refractivity contribution is -0.384. The summed E-state index contributed by atoms with van der Waals surface area (Å²) in [6, 6.07) is 0.955. The number of nitro groups is 1. The second-order valence-corrected chi connectivity index (χ2v) is 4.32. The Morgan fingerprint density at radius 1 is 1.45 bits per heavy atom. The third-order valence-corrected chi connectivity index (χ3v) is 3.00. The van der Waals surface area contributed by atoms with Crippen molar-refractivity contribution in [1.82, 2.24) is 0 Å². The monoisotopic (exact) mass is 285 g/mol. The Balaban J connectivity index is 2.50. The summed E-state index contributed by atoms with van der Waals surface area (Å²) >= 11 is 0. The van der Waals surface area contributed by atoms with Gasteiger partial charge >= 0.3 is 0 Å². The summed E-state index contributed by atoms with van der Waals surface area (Å²) in [5.74, 6) is -4.66. The lowest BCUT2D eigenvalue weighted by Crippen LogP contribution is -2.29. The summed E-state index contributed by atoms with van der Waals surface area (Å²) in [6.07, 6.45) is -0.261. The number of carbonyl (C=O) groups excluding carboxylic acids is 2. The molecule has 1 aromatic rings. The average Bonchev–Trinajstić information content (AvgIpc) is 2.70. The number of primary amides is 1. The van der Waals surface area contributed by atoms with Crippen molar-refractivity contribution in [3.05, 3.63) is 33.9 Å². The van der Waals surface area contributed by atoms with Crippen molar-refractivity contribution in [2.45, 2.75) is 6.42 Å². The number of nitro benzene ring substituents is 1. The van der Waals surface area contributed by atoms with Crippen LogP contribution in [0.3, 0.4) is 0 Å². The zero-order valence-corrected chi connectivity index (χ0v) is 10.0. The first-order valence-electron chi connectivity index (χ1n) is 5.54. The fraction of sp³-hybridized carbons (Fsp3) is 0.273. The molecule has 1 saturated heterocycles. The molecule has 0 spiro atoms. The minimum Gasteiger partial charge on any atom is -0.369 e. The van der Waals surface area contributed by atoms with Crippen LogP contribution in [0, 0.1) is 27.7 Å². The summed E-state index contributed by atoms with van der Waals surface area (Å²) in [6.45, 7) is -0.266. The molecule has 20 heavy (non-hydrogen) atoms. The standard InChI is InChI=1S/C11H9F2N3O4/c12-6-2-7(13)10(8(3-6)16(19)20)15-4-5(11(14)18)1-9(15)17/h2-3,5H,1,4H2,(H2,14,18). The van der Waals surface area contributed by atoms with Crippen LogP contribution in [0.1, 0.15) is 6.42 Å². The van der Waals surface area contributed by atoms with Crippen molar-refractivity contribution < 1.29 is 23.3 Å². The second kappa shape index (κ2) is 4.83. The van der Waals surface area contributed by atoms with Crippen LogP contribution >= 0.6 is 0 Å². The third-order valence-electron chi connectivity index (χ3n) is 3.00. The van der Waals surface area contributed by atoms with Gasteiger partial charge in [-0.15, -0.1) is 0 Å². The van der Waals surface area contributed by atoms with E-state index in [2.05, 4.69) is 0 Å². The molecule has 0 bridgehead atoms. The summed E-state index contributed by atoms with van der Waals surface area (Å²) in [5, 5.41) is 10.8. The van der Waals surface area contributed by atoms with Crippen LogP contribution in [0.2, 0.25) is 0 Å². The van der Waals surface area contributed by atoms with E-state index < -0.39 is 45.7 Å². The van der Waals surface area contributed by atoms with Crippen LogP contribution < -0.4 is 10.6 Å². The Morgan fingerprint density at radius 3 is 2.60 bits per heavy atom. The second-order valence-electron chi connectivity index (χ2n) is 4.32. The molecule has 1 aliphatic heterocycles. The van der Waals surface area contributed by atoms with Gasteiger partial charge in [0, 0.05) is 19.0 Å². The topological polar surface area (TPSA) is 107 Å². The Kier molecular flexibility index (Phi) is 3.35. The van der Waals surface area contributed by atoms with Gasteiger partial charge < -0.3 is 10.6 Å². The van der Waals surface area contributed by atoms with Crippen LogP contribution in [0.15, 0.2) is 12.1 Å². The molecule has 0 radical (unpaired) electrons. The van der Waals surface area contributed by atoms with Crippen molar-refractivity contribution in [3.63, 3.8) is 0 Å². The van der Waals surface area contributed by atoms with Gasteiger partial charge in [0.1, 0.15) is 5.82 Å². The maximum atomic E-state index is 13.8. The molecule has 1 atom stereocenters. The first-order chi connectivity index (χ1) is 9.31. The Bertz CT molecular complexity index is 620. The van der Waals surface area contributed by atoms with Crippen LogP contribution in [0.4, 0.5) is 20.2 Å². The molecule has 2 rings (SSSR count). The predicted octanol–water partition coefficient (Wildman–Crippen LogP) is 0.711. The predicted molar refractivity (Wildman–Crippen MR) is 62.7 cm³/mol. The Hall–Kier alpha value is -2.58. The van der Waals surface area contributed by atoms with Crippen molar-refractivity contribution in [3.8, 4) is 0 Å². The van der Waals surface area contributed by atoms with Gasteiger partial charge in [-0.25, -0.2) is 8.78 Å². The van der Waals surface area contributed by atoms with Gasteiger partial charge in [-0.05, 0) is 0 Å². The lowest BCUT2D eigenvalue weighted by Gasteiger charge is -2.17. The van der Waals surface area contributed by atoms with Crippen molar-refractivity contribution >= 4 is 23.2 Å². The summed E-state index contributed by atoms with van der Waals surface area (Å²) in [4.78, 5) is 33.4. The first kappa shape index (κ1) is 13.8. The lowest BCUT2D eigenvalue weighted by atomic mass is 10.1. The fourth-order valence-corrected chi connectivity index (χ4v) is 2.07. The van der Waals surface area contributed by atoms with E-state index in [-0.39, 0.29) is 13.0 Å².